The van der Waals surface area contributed by atoms with Gasteiger partial charge in [-0.25, -0.2) is 0 Å². The zero-order valence-electron chi connectivity index (χ0n) is 13.4. The number of aryl methyl sites for hydroxylation is 1. The molecule has 1 amide bonds. The second-order valence-corrected chi connectivity index (χ2v) is 5.45. The van der Waals surface area contributed by atoms with Gasteiger partial charge in [0.25, 0.3) is 0 Å². The van der Waals surface area contributed by atoms with Crippen LogP contribution in [0.2, 0.25) is 0 Å². The minimum absolute atomic E-state index is 0.0436. The van der Waals surface area contributed by atoms with Crippen LogP contribution >= 0.6 is 0 Å². The molecule has 6 nitrogen and oxygen atoms in total. The Bertz CT molecular complexity index is 873. The minimum Gasteiger partial charge on any atom is -0.467 e. The molecule has 3 rings (SSSR count). The SMILES string of the molecule is O=C(CCc1nc(-c2cccc(C(F)(F)F)c2)no1)NCc1ccco1. The average molecular weight is 365 g/mol. The lowest BCUT2D eigenvalue weighted by Crippen LogP contribution is -2.22. The number of rotatable bonds is 6. The molecule has 26 heavy (non-hydrogen) atoms. The van der Waals surface area contributed by atoms with Crippen LogP contribution in [0.25, 0.3) is 11.4 Å². The van der Waals surface area contributed by atoms with Gasteiger partial charge in [0.1, 0.15) is 5.76 Å². The van der Waals surface area contributed by atoms with Gasteiger partial charge in [0.15, 0.2) is 0 Å². The van der Waals surface area contributed by atoms with Crippen molar-refractivity contribution in [2.75, 3.05) is 0 Å². The van der Waals surface area contributed by atoms with Gasteiger partial charge < -0.3 is 14.3 Å². The lowest BCUT2D eigenvalue weighted by atomic mass is 10.1. The lowest BCUT2D eigenvalue weighted by Gasteiger charge is -2.06. The Hall–Kier alpha value is -3.10. The zero-order valence-corrected chi connectivity index (χ0v) is 13.4. The van der Waals surface area contributed by atoms with Crippen LogP contribution in [-0.2, 0) is 23.9 Å². The van der Waals surface area contributed by atoms with Crippen molar-refractivity contribution in [3.8, 4) is 11.4 Å². The summed E-state index contributed by atoms with van der Waals surface area (Å²) < 4.78 is 48.4. The van der Waals surface area contributed by atoms with Gasteiger partial charge >= 0.3 is 6.18 Å². The molecule has 0 atom stereocenters. The normalized spacial score (nSPS) is 11.5. The molecule has 0 radical (unpaired) electrons. The van der Waals surface area contributed by atoms with Gasteiger partial charge in [-0.1, -0.05) is 17.3 Å². The maximum atomic E-state index is 12.8. The van der Waals surface area contributed by atoms with E-state index in [0.717, 1.165) is 12.1 Å². The van der Waals surface area contributed by atoms with Crippen LogP contribution in [-0.4, -0.2) is 16.0 Å². The largest absolute Gasteiger partial charge is 0.467 e. The van der Waals surface area contributed by atoms with Gasteiger partial charge in [-0.3, -0.25) is 4.79 Å². The smallest absolute Gasteiger partial charge is 0.416 e. The maximum Gasteiger partial charge on any atom is 0.416 e. The van der Waals surface area contributed by atoms with Crippen LogP contribution in [0.3, 0.4) is 0 Å². The predicted molar refractivity (Wildman–Crippen MR) is 83.6 cm³/mol. The zero-order chi connectivity index (χ0) is 18.6. The van der Waals surface area contributed by atoms with E-state index in [-0.39, 0.29) is 42.6 Å². The van der Waals surface area contributed by atoms with Gasteiger partial charge in [0.05, 0.1) is 18.4 Å². The third-order valence-electron chi connectivity index (χ3n) is 3.52. The number of furan rings is 1. The van der Waals surface area contributed by atoms with Crippen molar-refractivity contribution in [3.05, 3.63) is 59.9 Å². The van der Waals surface area contributed by atoms with Crippen molar-refractivity contribution < 1.29 is 26.9 Å². The molecule has 2 aromatic heterocycles. The lowest BCUT2D eigenvalue weighted by molar-refractivity contribution is -0.137. The number of benzene rings is 1. The van der Waals surface area contributed by atoms with Crippen LogP contribution in [0.1, 0.15) is 23.6 Å². The topological polar surface area (TPSA) is 81.2 Å². The van der Waals surface area contributed by atoms with Gasteiger partial charge in [0.2, 0.25) is 17.6 Å². The van der Waals surface area contributed by atoms with Crippen molar-refractivity contribution in [1.29, 1.82) is 0 Å². The number of hydrogen-bond donors (Lipinski definition) is 1. The summed E-state index contributed by atoms with van der Waals surface area (Å²) in [5.74, 6) is 0.607. The summed E-state index contributed by atoms with van der Waals surface area (Å²) in [6.45, 7) is 0.269. The number of halogens is 3. The third-order valence-corrected chi connectivity index (χ3v) is 3.52. The van der Waals surface area contributed by atoms with Crippen LogP contribution < -0.4 is 5.32 Å². The average Bonchev–Trinajstić information content (AvgIpc) is 3.29. The Balaban J connectivity index is 1.57. The molecule has 0 bridgehead atoms. The molecule has 0 aliphatic heterocycles. The number of carbonyl (C=O) groups excluding carboxylic acids is 1. The van der Waals surface area contributed by atoms with E-state index in [9.17, 15) is 18.0 Å². The van der Waals surface area contributed by atoms with Crippen molar-refractivity contribution in [1.82, 2.24) is 15.5 Å². The molecule has 0 unspecified atom stereocenters. The quantitative estimate of drug-likeness (QED) is 0.722. The maximum absolute atomic E-state index is 12.8. The molecule has 0 saturated heterocycles. The fraction of sp³-hybridized carbons (Fsp3) is 0.235. The number of aromatic nitrogens is 2. The van der Waals surface area contributed by atoms with Crippen molar-refractivity contribution >= 4 is 5.91 Å². The molecule has 3 aromatic rings. The number of nitrogens with zero attached hydrogens (tertiary/aromatic N) is 2. The highest BCUT2D eigenvalue weighted by Gasteiger charge is 2.30. The monoisotopic (exact) mass is 365 g/mol. The van der Waals surface area contributed by atoms with E-state index in [4.69, 9.17) is 8.94 Å². The number of carbonyl (C=O) groups is 1. The first-order valence-electron chi connectivity index (χ1n) is 7.71. The summed E-state index contributed by atoms with van der Waals surface area (Å²) in [6.07, 6.45) is -2.66. The molecule has 2 heterocycles. The number of alkyl halides is 3. The second kappa shape index (κ2) is 7.42. The minimum atomic E-state index is -4.45. The van der Waals surface area contributed by atoms with Crippen LogP contribution in [0, 0.1) is 0 Å². The third kappa shape index (κ3) is 4.50. The highest BCUT2D eigenvalue weighted by molar-refractivity contribution is 5.75. The summed E-state index contributed by atoms with van der Waals surface area (Å²) >= 11 is 0. The van der Waals surface area contributed by atoms with Gasteiger partial charge in [-0.2, -0.15) is 18.2 Å². The fourth-order valence-corrected chi connectivity index (χ4v) is 2.22. The van der Waals surface area contributed by atoms with E-state index in [0.29, 0.717) is 5.76 Å². The van der Waals surface area contributed by atoms with Crippen molar-refractivity contribution in [3.63, 3.8) is 0 Å². The molecule has 0 spiro atoms. The van der Waals surface area contributed by atoms with E-state index >= 15 is 0 Å². The number of nitrogens with one attached hydrogen (secondary N) is 1. The molecule has 1 aromatic carbocycles. The van der Waals surface area contributed by atoms with E-state index < -0.39 is 11.7 Å². The Labute approximate surface area is 146 Å². The Kier molecular flexibility index (Phi) is 5.06. The highest BCUT2D eigenvalue weighted by Crippen LogP contribution is 2.31. The second-order valence-electron chi connectivity index (χ2n) is 5.45. The molecule has 136 valence electrons. The summed E-state index contributed by atoms with van der Waals surface area (Å²) in [5, 5.41) is 6.34. The van der Waals surface area contributed by atoms with Crippen LogP contribution in [0.4, 0.5) is 13.2 Å². The van der Waals surface area contributed by atoms with Gasteiger partial charge in [-0.05, 0) is 24.3 Å². The van der Waals surface area contributed by atoms with Crippen molar-refractivity contribution in [2.45, 2.75) is 25.6 Å². The Morgan fingerprint density at radius 3 is 2.77 bits per heavy atom. The van der Waals surface area contributed by atoms with E-state index in [2.05, 4.69) is 15.5 Å². The summed E-state index contributed by atoms with van der Waals surface area (Å²) in [6, 6.07) is 8.10. The first-order chi connectivity index (χ1) is 12.4. The van der Waals surface area contributed by atoms with Gasteiger partial charge in [-0.15, -0.1) is 0 Å². The molecule has 0 aliphatic rings. The fourth-order valence-electron chi connectivity index (χ4n) is 2.22. The molecular formula is C17H14F3N3O3. The summed E-state index contributed by atoms with van der Waals surface area (Å²) in [7, 11) is 0. The van der Waals surface area contributed by atoms with E-state index in [1.165, 1.54) is 18.4 Å². The van der Waals surface area contributed by atoms with Crippen LogP contribution in [0.5, 0.6) is 0 Å². The first-order valence-corrected chi connectivity index (χ1v) is 7.71. The Morgan fingerprint density at radius 1 is 1.19 bits per heavy atom. The predicted octanol–water partition coefficient (Wildman–Crippen LogP) is 3.60. The summed E-state index contributed by atoms with van der Waals surface area (Å²) in [4.78, 5) is 15.8. The number of hydrogen-bond acceptors (Lipinski definition) is 5. The molecule has 1 N–H and O–H groups in total. The molecule has 0 fully saturated rings. The highest BCUT2D eigenvalue weighted by atomic mass is 19.4. The van der Waals surface area contributed by atoms with E-state index in [1.807, 2.05) is 0 Å². The molecular weight excluding hydrogens is 351 g/mol. The summed E-state index contributed by atoms with van der Waals surface area (Å²) in [5.41, 5.74) is -0.601. The van der Waals surface area contributed by atoms with E-state index in [1.54, 1.807) is 12.1 Å². The van der Waals surface area contributed by atoms with Crippen molar-refractivity contribution in [2.24, 2.45) is 0 Å². The standard InChI is InChI=1S/C17H14F3N3O3/c18-17(19,20)12-4-1-3-11(9-12)16-22-15(26-23-16)7-6-14(24)21-10-13-5-2-8-25-13/h1-5,8-9H,6-7,10H2,(H,21,24). The van der Waals surface area contributed by atoms with Gasteiger partial charge in [0, 0.05) is 18.4 Å². The van der Waals surface area contributed by atoms with Crippen LogP contribution in [0.15, 0.2) is 51.6 Å². The molecule has 0 aliphatic carbocycles. The Morgan fingerprint density at radius 2 is 2.04 bits per heavy atom. The molecule has 0 saturated carbocycles. The molecule has 9 heteroatoms. The number of amides is 1. The first kappa shape index (κ1) is 17.7.